The van der Waals surface area contributed by atoms with Crippen molar-refractivity contribution in [2.75, 3.05) is 6.54 Å². The standard InChI is InChI=1S/C19H22N2OS/c20-12-18(15-6-7-15)21-19(22)16-8-10-17(11-9-16)23-13-14-4-2-1-3-5-14/h1-5,8-11,15,18H,6-7,12-13,20H2,(H,21,22). The predicted octanol–water partition coefficient (Wildman–Crippen LogP) is 3.45. The molecule has 0 radical (unpaired) electrons. The molecule has 1 unspecified atom stereocenters. The van der Waals surface area contributed by atoms with E-state index in [1.54, 1.807) is 11.8 Å². The summed E-state index contributed by atoms with van der Waals surface area (Å²) in [6.07, 6.45) is 2.36. The zero-order valence-electron chi connectivity index (χ0n) is 13.1. The lowest BCUT2D eigenvalue weighted by Gasteiger charge is -2.16. The van der Waals surface area contributed by atoms with Crippen LogP contribution < -0.4 is 11.1 Å². The third kappa shape index (κ3) is 4.60. The first-order chi connectivity index (χ1) is 11.3. The van der Waals surface area contributed by atoms with E-state index in [9.17, 15) is 4.79 Å². The number of rotatable bonds is 7. The summed E-state index contributed by atoms with van der Waals surface area (Å²) in [5.74, 6) is 1.49. The number of carbonyl (C=O) groups excluding carboxylic acids is 1. The molecule has 1 amide bonds. The summed E-state index contributed by atoms with van der Waals surface area (Å²) in [5.41, 5.74) is 7.74. The van der Waals surface area contributed by atoms with Gasteiger partial charge in [0.15, 0.2) is 0 Å². The van der Waals surface area contributed by atoms with Gasteiger partial charge >= 0.3 is 0 Å². The summed E-state index contributed by atoms with van der Waals surface area (Å²) in [6, 6.07) is 18.3. The van der Waals surface area contributed by atoms with Crippen LogP contribution >= 0.6 is 11.8 Å². The number of amides is 1. The molecule has 0 bridgehead atoms. The van der Waals surface area contributed by atoms with Crippen LogP contribution in [0, 0.1) is 5.92 Å². The van der Waals surface area contributed by atoms with Gasteiger partial charge < -0.3 is 11.1 Å². The van der Waals surface area contributed by atoms with Crippen molar-refractivity contribution in [2.24, 2.45) is 11.7 Å². The Morgan fingerprint density at radius 3 is 2.43 bits per heavy atom. The van der Waals surface area contributed by atoms with Crippen LogP contribution in [-0.2, 0) is 5.75 Å². The fourth-order valence-electron chi connectivity index (χ4n) is 2.56. The Labute approximate surface area is 141 Å². The quantitative estimate of drug-likeness (QED) is 0.766. The van der Waals surface area contributed by atoms with E-state index in [0.29, 0.717) is 18.0 Å². The Kier molecular flexibility index (Phi) is 5.36. The summed E-state index contributed by atoms with van der Waals surface area (Å²) < 4.78 is 0. The Morgan fingerprint density at radius 2 is 1.83 bits per heavy atom. The summed E-state index contributed by atoms with van der Waals surface area (Å²) in [5, 5.41) is 3.05. The summed E-state index contributed by atoms with van der Waals surface area (Å²) >= 11 is 1.78. The van der Waals surface area contributed by atoms with E-state index in [2.05, 4.69) is 29.6 Å². The largest absolute Gasteiger partial charge is 0.348 e. The normalized spacial score (nSPS) is 15.2. The Hall–Kier alpha value is -1.78. The third-order valence-electron chi connectivity index (χ3n) is 4.13. The monoisotopic (exact) mass is 326 g/mol. The van der Waals surface area contributed by atoms with Gasteiger partial charge in [-0.1, -0.05) is 30.3 Å². The van der Waals surface area contributed by atoms with E-state index in [4.69, 9.17) is 5.73 Å². The van der Waals surface area contributed by atoms with E-state index < -0.39 is 0 Å². The van der Waals surface area contributed by atoms with E-state index in [1.807, 2.05) is 30.3 Å². The van der Waals surface area contributed by atoms with Crippen molar-refractivity contribution in [3.05, 3.63) is 65.7 Å². The van der Waals surface area contributed by atoms with Crippen LogP contribution in [0.5, 0.6) is 0 Å². The molecule has 0 aromatic heterocycles. The summed E-state index contributed by atoms with van der Waals surface area (Å²) in [4.78, 5) is 13.4. The predicted molar refractivity (Wildman–Crippen MR) is 95.5 cm³/mol. The fourth-order valence-corrected chi connectivity index (χ4v) is 3.42. The highest BCUT2D eigenvalue weighted by Crippen LogP contribution is 2.32. The first-order valence-corrected chi connectivity index (χ1v) is 9.02. The molecule has 2 aromatic rings. The zero-order valence-corrected chi connectivity index (χ0v) is 13.9. The molecular formula is C19H22N2OS. The number of hydrogen-bond acceptors (Lipinski definition) is 3. The molecule has 1 fully saturated rings. The molecular weight excluding hydrogens is 304 g/mol. The van der Waals surface area contributed by atoms with Gasteiger partial charge in [-0.3, -0.25) is 4.79 Å². The molecule has 0 aliphatic heterocycles. The van der Waals surface area contributed by atoms with Crippen LogP contribution in [0.2, 0.25) is 0 Å². The van der Waals surface area contributed by atoms with Gasteiger partial charge in [0.1, 0.15) is 0 Å². The minimum Gasteiger partial charge on any atom is -0.348 e. The summed E-state index contributed by atoms with van der Waals surface area (Å²) in [6.45, 7) is 0.515. The van der Waals surface area contributed by atoms with Crippen LogP contribution in [0.4, 0.5) is 0 Å². The molecule has 0 saturated heterocycles. The molecule has 3 nitrogen and oxygen atoms in total. The molecule has 0 heterocycles. The second-order valence-corrected chi connectivity index (χ2v) is 7.00. The van der Waals surface area contributed by atoms with Crippen LogP contribution in [0.15, 0.2) is 59.5 Å². The number of nitrogens with two attached hydrogens (primary N) is 1. The third-order valence-corrected chi connectivity index (χ3v) is 5.21. The second kappa shape index (κ2) is 7.66. The van der Waals surface area contributed by atoms with Gasteiger partial charge in [-0.2, -0.15) is 0 Å². The molecule has 2 aromatic carbocycles. The number of nitrogens with one attached hydrogen (secondary N) is 1. The number of carbonyl (C=O) groups is 1. The van der Waals surface area contributed by atoms with Crippen molar-refractivity contribution in [3.8, 4) is 0 Å². The van der Waals surface area contributed by atoms with Crippen LogP contribution in [-0.4, -0.2) is 18.5 Å². The Balaban J connectivity index is 1.54. The van der Waals surface area contributed by atoms with Crippen molar-refractivity contribution in [3.63, 3.8) is 0 Å². The van der Waals surface area contributed by atoms with Crippen molar-refractivity contribution in [2.45, 2.75) is 29.5 Å². The van der Waals surface area contributed by atoms with Gasteiger partial charge in [0.05, 0.1) is 0 Å². The highest BCUT2D eigenvalue weighted by atomic mass is 32.2. The van der Waals surface area contributed by atoms with Gasteiger partial charge in [-0.25, -0.2) is 0 Å². The van der Waals surface area contributed by atoms with Crippen molar-refractivity contribution in [1.29, 1.82) is 0 Å². The molecule has 1 aliphatic carbocycles. The SMILES string of the molecule is NCC(NC(=O)c1ccc(SCc2ccccc2)cc1)C1CC1. The fraction of sp³-hybridized carbons (Fsp3) is 0.316. The van der Waals surface area contributed by atoms with Gasteiger partial charge in [0, 0.05) is 28.8 Å². The average molecular weight is 326 g/mol. The molecule has 0 spiro atoms. The smallest absolute Gasteiger partial charge is 0.251 e. The van der Waals surface area contributed by atoms with Crippen LogP contribution in [0.3, 0.4) is 0 Å². The van der Waals surface area contributed by atoms with Gasteiger partial charge in [0.25, 0.3) is 5.91 Å². The summed E-state index contributed by atoms with van der Waals surface area (Å²) in [7, 11) is 0. The van der Waals surface area contributed by atoms with Crippen molar-refractivity contribution < 1.29 is 4.79 Å². The Morgan fingerprint density at radius 1 is 1.13 bits per heavy atom. The van der Waals surface area contributed by atoms with E-state index in [1.165, 1.54) is 23.3 Å². The lowest BCUT2D eigenvalue weighted by Crippen LogP contribution is -2.41. The molecule has 1 saturated carbocycles. The maximum absolute atomic E-state index is 12.3. The van der Waals surface area contributed by atoms with Crippen molar-refractivity contribution >= 4 is 17.7 Å². The van der Waals surface area contributed by atoms with E-state index >= 15 is 0 Å². The molecule has 4 heteroatoms. The van der Waals surface area contributed by atoms with Gasteiger partial charge in [-0.05, 0) is 48.6 Å². The van der Waals surface area contributed by atoms with Gasteiger partial charge in [0.2, 0.25) is 0 Å². The minimum absolute atomic E-state index is 0.0213. The maximum atomic E-state index is 12.3. The van der Waals surface area contributed by atoms with E-state index in [0.717, 1.165) is 5.75 Å². The first kappa shape index (κ1) is 16.1. The topological polar surface area (TPSA) is 55.1 Å². The molecule has 3 N–H and O–H groups in total. The molecule has 120 valence electrons. The van der Waals surface area contributed by atoms with E-state index in [-0.39, 0.29) is 11.9 Å². The average Bonchev–Trinajstić information content (AvgIpc) is 3.44. The number of benzene rings is 2. The van der Waals surface area contributed by atoms with Crippen molar-refractivity contribution in [1.82, 2.24) is 5.32 Å². The van der Waals surface area contributed by atoms with Crippen LogP contribution in [0.25, 0.3) is 0 Å². The Bertz CT molecular complexity index is 638. The maximum Gasteiger partial charge on any atom is 0.251 e. The highest BCUT2D eigenvalue weighted by molar-refractivity contribution is 7.98. The zero-order chi connectivity index (χ0) is 16.1. The highest BCUT2D eigenvalue weighted by Gasteiger charge is 2.31. The molecule has 23 heavy (non-hydrogen) atoms. The molecule has 1 atom stereocenters. The molecule has 1 aliphatic rings. The van der Waals surface area contributed by atoms with Crippen LogP contribution in [0.1, 0.15) is 28.8 Å². The molecule has 3 rings (SSSR count). The van der Waals surface area contributed by atoms with Gasteiger partial charge in [-0.15, -0.1) is 11.8 Å². The number of thioether (sulfide) groups is 1. The first-order valence-electron chi connectivity index (χ1n) is 8.04. The number of hydrogen-bond donors (Lipinski definition) is 2. The second-order valence-electron chi connectivity index (χ2n) is 5.95. The lowest BCUT2D eigenvalue weighted by atomic mass is 10.1. The minimum atomic E-state index is -0.0213. The lowest BCUT2D eigenvalue weighted by molar-refractivity contribution is 0.0933.